The Balaban J connectivity index is 2.51. The van der Waals surface area contributed by atoms with Crippen molar-refractivity contribution in [1.29, 1.82) is 0 Å². The predicted molar refractivity (Wildman–Crippen MR) is 70.0 cm³/mol. The van der Waals surface area contributed by atoms with Crippen LogP contribution in [0.5, 0.6) is 0 Å². The standard InChI is InChI=1S/C13H19N3O/c1-3-5-6-7-8-14-12-13(17)16(10-4-2)11-9-15-12/h1,9,11H,4-8,10H2,2H3,(H,14,15). The number of hydrogen-bond donors (Lipinski definition) is 1. The van der Waals surface area contributed by atoms with Crippen molar-refractivity contribution in [2.24, 2.45) is 0 Å². The largest absolute Gasteiger partial charge is 0.365 e. The lowest BCUT2D eigenvalue weighted by molar-refractivity contribution is 0.648. The Kier molecular flexibility index (Phi) is 5.87. The maximum absolute atomic E-state index is 11.9. The van der Waals surface area contributed by atoms with Crippen LogP contribution in [0, 0.1) is 12.3 Å². The van der Waals surface area contributed by atoms with E-state index in [1.165, 1.54) is 0 Å². The summed E-state index contributed by atoms with van der Waals surface area (Å²) in [6.45, 7) is 3.51. The second kappa shape index (κ2) is 7.50. The second-order valence-electron chi connectivity index (χ2n) is 3.86. The average molecular weight is 233 g/mol. The van der Waals surface area contributed by atoms with Gasteiger partial charge in [0.1, 0.15) is 0 Å². The highest BCUT2D eigenvalue weighted by Gasteiger charge is 2.02. The third-order valence-corrected chi connectivity index (χ3v) is 2.42. The number of hydrogen-bond acceptors (Lipinski definition) is 3. The Morgan fingerprint density at radius 2 is 2.35 bits per heavy atom. The maximum atomic E-state index is 11.9. The first kappa shape index (κ1) is 13.3. The fraction of sp³-hybridized carbons (Fsp3) is 0.538. The molecule has 4 heteroatoms. The van der Waals surface area contributed by atoms with Gasteiger partial charge in [-0.05, 0) is 19.3 Å². The van der Waals surface area contributed by atoms with Gasteiger partial charge in [-0.15, -0.1) is 12.3 Å². The lowest BCUT2D eigenvalue weighted by atomic mass is 10.2. The van der Waals surface area contributed by atoms with Gasteiger partial charge >= 0.3 is 0 Å². The van der Waals surface area contributed by atoms with E-state index < -0.39 is 0 Å². The van der Waals surface area contributed by atoms with E-state index in [0.29, 0.717) is 5.82 Å². The van der Waals surface area contributed by atoms with Gasteiger partial charge in [0.2, 0.25) is 0 Å². The number of anilines is 1. The van der Waals surface area contributed by atoms with Crippen molar-refractivity contribution >= 4 is 5.82 Å². The zero-order chi connectivity index (χ0) is 12.5. The van der Waals surface area contributed by atoms with Crippen molar-refractivity contribution in [3.8, 4) is 12.3 Å². The molecule has 0 saturated carbocycles. The van der Waals surface area contributed by atoms with E-state index in [4.69, 9.17) is 6.42 Å². The predicted octanol–water partition coefficient (Wildman–Crippen LogP) is 1.87. The summed E-state index contributed by atoms with van der Waals surface area (Å²) in [6, 6.07) is 0. The van der Waals surface area contributed by atoms with Crippen molar-refractivity contribution < 1.29 is 0 Å². The molecule has 0 unspecified atom stereocenters. The molecule has 1 aromatic heterocycles. The zero-order valence-electron chi connectivity index (χ0n) is 10.3. The van der Waals surface area contributed by atoms with Crippen LogP contribution < -0.4 is 10.9 Å². The molecule has 0 spiro atoms. The molecule has 0 aliphatic rings. The highest BCUT2D eigenvalue weighted by molar-refractivity contribution is 5.30. The van der Waals surface area contributed by atoms with Gasteiger partial charge in [-0.25, -0.2) is 4.98 Å². The summed E-state index contributed by atoms with van der Waals surface area (Å²) in [5.41, 5.74) is -0.0497. The Morgan fingerprint density at radius 3 is 3.06 bits per heavy atom. The average Bonchev–Trinajstić information content (AvgIpc) is 2.33. The van der Waals surface area contributed by atoms with E-state index in [-0.39, 0.29) is 5.56 Å². The first-order chi connectivity index (χ1) is 8.29. The molecule has 0 atom stereocenters. The van der Waals surface area contributed by atoms with E-state index in [1.807, 2.05) is 6.92 Å². The zero-order valence-corrected chi connectivity index (χ0v) is 10.3. The third-order valence-electron chi connectivity index (χ3n) is 2.42. The lowest BCUT2D eigenvalue weighted by Crippen LogP contribution is -2.24. The third kappa shape index (κ3) is 4.31. The summed E-state index contributed by atoms with van der Waals surface area (Å²) < 4.78 is 1.68. The van der Waals surface area contributed by atoms with Crippen molar-refractivity contribution in [3.05, 3.63) is 22.7 Å². The van der Waals surface area contributed by atoms with Crippen LogP contribution in [0.25, 0.3) is 0 Å². The molecule has 0 aliphatic heterocycles. The molecule has 4 nitrogen and oxygen atoms in total. The summed E-state index contributed by atoms with van der Waals surface area (Å²) in [6.07, 6.45) is 12.2. The molecule has 0 aliphatic carbocycles. The molecule has 92 valence electrons. The Bertz CT molecular complexity index is 431. The number of nitrogens with zero attached hydrogens (tertiary/aromatic N) is 2. The lowest BCUT2D eigenvalue weighted by Gasteiger charge is -2.07. The van der Waals surface area contributed by atoms with E-state index >= 15 is 0 Å². The molecule has 17 heavy (non-hydrogen) atoms. The van der Waals surface area contributed by atoms with Gasteiger partial charge in [-0.3, -0.25) is 4.79 Å². The van der Waals surface area contributed by atoms with Gasteiger partial charge in [0.05, 0.1) is 0 Å². The van der Waals surface area contributed by atoms with E-state index in [2.05, 4.69) is 16.2 Å². The fourth-order valence-electron chi connectivity index (χ4n) is 1.54. The number of terminal acetylenes is 1. The highest BCUT2D eigenvalue weighted by atomic mass is 16.1. The monoisotopic (exact) mass is 233 g/mol. The van der Waals surface area contributed by atoms with Crippen molar-refractivity contribution in [1.82, 2.24) is 9.55 Å². The maximum Gasteiger partial charge on any atom is 0.293 e. The number of unbranched alkanes of at least 4 members (excludes halogenated alkanes) is 2. The second-order valence-corrected chi connectivity index (χ2v) is 3.86. The Hall–Kier alpha value is -1.76. The SMILES string of the molecule is C#CCCCCNc1nccn(CCC)c1=O. The molecule has 1 aromatic rings. The van der Waals surface area contributed by atoms with Gasteiger partial charge in [0.15, 0.2) is 5.82 Å². The quantitative estimate of drug-likeness (QED) is 0.577. The fourth-order valence-corrected chi connectivity index (χ4v) is 1.54. The topological polar surface area (TPSA) is 46.9 Å². The van der Waals surface area contributed by atoms with Gasteiger partial charge < -0.3 is 9.88 Å². The number of rotatable bonds is 7. The van der Waals surface area contributed by atoms with Crippen LogP contribution in [0.4, 0.5) is 5.82 Å². The van der Waals surface area contributed by atoms with E-state index in [9.17, 15) is 4.79 Å². The minimum atomic E-state index is -0.0497. The van der Waals surface area contributed by atoms with Crippen LogP contribution in [0.3, 0.4) is 0 Å². The molecule has 1 rings (SSSR count). The Morgan fingerprint density at radius 1 is 1.53 bits per heavy atom. The molecule has 0 radical (unpaired) electrons. The summed E-state index contributed by atoms with van der Waals surface area (Å²) in [7, 11) is 0. The highest BCUT2D eigenvalue weighted by Crippen LogP contribution is 1.97. The van der Waals surface area contributed by atoms with Crippen molar-refractivity contribution in [2.45, 2.75) is 39.2 Å². The van der Waals surface area contributed by atoms with Gasteiger partial charge in [-0.1, -0.05) is 6.92 Å². The molecular formula is C13H19N3O. The summed E-state index contributed by atoms with van der Waals surface area (Å²) in [5, 5.41) is 3.06. The molecule has 1 heterocycles. The summed E-state index contributed by atoms with van der Waals surface area (Å²) >= 11 is 0. The van der Waals surface area contributed by atoms with Crippen LogP contribution in [0.2, 0.25) is 0 Å². The summed E-state index contributed by atoms with van der Waals surface area (Å²) in [5.74, 6) is 3.03. The van der Waals surface area contributed by atoms with E-state index in [1.54, 1.807) is 17.0 Å². The van der Waals surface area contributed by atoms with Crippen LogP contribution in [0.1, 0.15) is 32.6 Å². The number of nitrogens with one attached hydrogen (secondary N) is 1. The smallest absolute Gasteiger partial charge is 0.293 e. The number of aromatic nitrogens is 2. The minimum absolute atomic E-state index is 0.0497. The molecule has 0 saturated heterocycles. The molecule has 0 fully saturated rings. The Labute approximate surface area is 102 Å². The van der Waals surface area contributed by atoms with Crippen LogP contribution in [-0.2, 0) is 6.54 Å². The number of aryl methyl sites for hydroxylation is 1. The normalized spacial score (nSPS) is 9.88. The molecule has 0 amide bonds. The van der Waals surface area contributed by atoms with Crippen molar-refractivity contribution in [3.63, 3.8) is 0 Å². The first-order valence-corrected chi connectivity index (χ1v) is 6.02. The summed E-state index contributed by atoms with van der Waals surface area (Å²) in [4.78, 5) is 15.9. The molecule has 0 bridgehead atoms. The van der Waals surface area contributed by atoms with Crippen LogP contribution in [0.15, 0.2) is 17.2 Å². The molecule has 0 aromatic carbocycles. The van der Waals surface area contributed by atoms with Crippen LogP contribution >= 0.6 is 0 Å². The van der Waals surface area contributed by atoms with Crippen LogP contribution in [-0.4, -0.2) is 16.1 Å². The minimum Gasteiger partial charge on any atom is -0.365 e. The van der Waals surface area contributed by atoms with E-state index in [0.717, 1.165) is 38.8 Å². The van der Waals surface area contributed by atoms with Gasteiger partial charge in [0.25, 0.3) is 5.56 Å². The van der Waals surface area contributed by atoms with Gasteiger partial charge in [0, 0.05) is 31.9 Å². The van der Waals surface area contributed by atoms with Gasteiger partial charge in [-0.2, -0.15) is 0 Å². The first-order valence-electron chi connectivity index (χ1n) is 6.02. The molecular weight excluding hydrogens is 214 g/mol. The van der Waals surface area contributed by atoms with Crippen molar-refractivity contribution in [2.75, 3.05) is 11.9 Å². The molecule has 1 N–H and O–H groups in total.